The second kappa shape index (κ2) is 65.4. The number of rotatable bonds is 72. The highest BCUT2D eigenvalue weighted by Gasteiger charge is 2.38. The lowest BCUT2D eigenvalue weighted by molar-refractivity contribution is -0.148. The molecule has 7 aromatic carbocycles. The number of benzene rings is 7. The summed E-state index contributed by atoms with van der Waals surface area (Å²) < 4.78 is 30.8. The van der Waals surface area contributed by atoms with Crippen LogP contribution in [-0.4, -0.2) is 134 Å². The van der Waals surface area contributed by atoms with Crippen molar-refractivity contribution in [1.82, 2.24) is 36.8 Å². The van der Waals surface area contributed by atoms with Crippen LogP contribution in [0, 0.1) is 0 Å². The molecule has 0 saturated heterocycles. The van der Waals surface area contributed by atoms with Crippen molar-refractivity contribution in [3.05, 3.63) is 227 Å². The van der Waals surface area contributed by atoms with Gasteiger partial charge < -0.3 is 60.5 Å². The maximum Gasteiger partial charge on any atom is 0.407 e. The summed E-state index contributed by atoms with van der Waals surface area (Å²) in [6.07, 6.45) is 49.7. The van der Waals surface area contributed by atoms with E-state index in [9.17, 15) is 24.0 Å². The van der Waals surface area contributed by atoms with E-state index in [0.717, 1.165) is 66.3 Å². The molecular formula is C115H165N7O13. The molecule has 0 saturated carbocycles. The van der Waals surface area contributed by atoms with Crippen molar-refractivity contribution >= 4 is 47.5 Å². The van der Waals surface area contributed by atoms with E-state index >= 15 is 14.4 Å². The van der Waals surface area contributed by atoms with E-state index in [4.69, 9.17) is 23.7 Å². The summed E-state index contributed by atoms with van der Waals surface area (Å²) in [5, 5.41) is 17.1. The van der Waals surface area contributed by atoms with Gasteiger partial charge in [-0.05, 0) is 97.2 Å². The zero-order valence-corrected chi connectivity index (χ0v) is 83.0. The Labute approximate surface area is 809 Å². The molecule has 0 bridgehead atoms. The van der Waals surface area contributed by atoms with Gasteiger partial charge in [0.25, 0.3) is 0 Å². The molecule has 0 aliphatic heterocycles. The first-order chi connectivity index (χ1) is 65.8. The summed E-state index contributed by atoms with van der Waals surface area (Å²) in [7, 11) is 1.26. The first-order valence-corrected chi connectivity index (χ1v) is 52.0. The molecule has 135 heavy (non-hydrogen) atoms. The molecule has 0 radical (unpaired) electrons. The maximum atomic E-state index is 15.8. The van der Waals surface area contributed by atoms with Crippen LogP contribution >= 0.6 is 0 Å². The molecular weight excluding hydrogens is 1690 g/mol. The van der Waals surface area contributed by atoms with Crippen LogP contribution in [0.3, 0.4) is 0 Å². The number of carbonyl (C=O) groups excluding carboxylic acids is 8. The minimum atomic E-state index is -1.50. The normalized spacial score (nSPS) is 13.1. The third-order valence-corrected chi connectivity index (χ3v) is 25.8. The fourth-order valence-electron chi connectivity index (χ4n) is 18.2. The molecule has 7 aromatic rings. The Hall–Kier alpha value is -10.3. The molecule has 8 rings (SSSR count). The quantitative estimate of drug-likeness (QED) is 0.0153. The average Bonchev–Trinajstić information content (AvgIpc) is 1.61. The molecule has 1 aliphatic rings. The van der Waals surface area contributed by atoms with Crippen molar-refractivity contribution < 1.29 is 62.0 Å². The summed E-state index contributed by atoms with van der Waals surface area (Å²) in [6.45, 7) is 11.2. The van der Waals surface area contributed by atoms with Crippen LogP contribution < -0.4 is 41.4 Å². The van der Waals surface area contributed by atoms with Crippen molar-refractivity contribution in [2.75, 3.05) is 40.0 Å². The number of unbranched alkanes of at least 4 members (excludes halogenated alkanes) is 38. The standard InChI is InChI=1S/C115H165N7O13/c1-8-10-12-14-16-18-20-22-24-26-28-30-32-34-36-38-40-42-44-62-78-132-95-77-76-94(105(84-95)133-79-63-45-43-41-39-37-35-33-31-29-27-25-23-21-19-17-15-13-11-9-2)86-122(87-107(124)131-7)113(129)104(83-93-70-56-49-57-71-93)119-110(126)102(81-91-66-52-47-53-67-91)118-112(128)108(89(3)135-115(4,5)6)121-106(123)85-116-109(125)101(80-90-64-50-46-51-65-90)117-111(127)103(82-92-68-54-48-55-69-92)120-114(130)134-88-100-98-74-60-58-72-96(98)97-73-59-61-75-99(97)100/h46-61,64-77,84,89,100-104,108H,8-45,62-63,78-83,85-88H2,1-7H3,(H,116,125)(H,117,127)(H,118,128)(H,119,126)(H,120,130)(H,121,123)/t89-,101+,102+,103+,104+,108+/m1/s1. The minimum absolute atomic E-state index is 0.00357. The average molecular weight is 1850 g/mol. The molecule has 6 atom stereocenters. The van der Waals surface area contributed by atoms with Gasteiger partial charge in [-0.1, -0.05) is 428 Å². The Morgan fingerprint density at radius 2 is 0.726 bits per heavy atom. The molecule has 7 amide bonds. The van der Waals surface area contributed by atoms with Crippen molar-refractivity contribution in [1.29, 1.82) is 0 Å². The number of esters is 1. The smallest absolute Gasteiger partial charge is 0.407 e. The minimum Gasteiger partial charge on any atom is -0.493 e. The molecule has 20 heteroatoms. The van der Waals surface area contributed by atoms with E-state index in [0.29, 0.717) is 47.0 Å². The zero-order valence-electron chi connectivity index (χ0n) is 83.0. The predicted molar refractivity (Wildman–Crippen MR) is 545 cm³/mol. The van der Waals surface area contributed by atoms with Gasteiger partial charge in [0.2, 0.25) is 35.4 Å². The highest BCUT2D eigenvalue weighted by Crippen LogP contribution is 2.45. The van der Waals surface area contributed by atoms with Gasteiger partial charge in [-0.15, -0.1) is 0 Å². The van der Waals surface area contributed by atoms with Crippen molar-refractivity contribution in [3.63, 3.8) is 0 Å². The maximum absolute atomic E-state index is 15.8. The fraction of sp³-hybridized carbons (Fsp3) is 0.565. The van der Waals surface area contributed by atoms with Gasteiger partial charge in [0.15, 0.2) is 0 Å². The first-order valence-electron chi connectivity index (χ1n) is 52.0. The molecule has 0 aromatic heterocycles. The van der Waals surface area contributed by atoms with Crippen LogP contribution in [0.5, 0.6) is 11.5 Å². The lowest BCUT2D eigenvalue weighted by Gasteiger charge is -2.32. The zero-order chi connectivity index (χ0) is 96.1. The molecule has 738 valence electrons. The lowest BCUT2D eigenvalue weighted by atomic mass is 9.98. The van der Waals surface area contributed by atoms with Gasteiger partial charge in [-0.3, -0.25) is 33.6 Å². The third kappa shape index (κ3) is 44.1. The number of nitrogens with one attached hydrogen (secondary N) is 6. The second-order valence-corrected chi connectivity index (χ2v) is 38.3. The highest BCUT2D eigenvalue weighted by molar-refractivity contribution is 5.97. The van der Waals surface area contributed by atoms with E-state index in [1.807, 2.05) is 152 Å². The number of hydrogen-bond acceptors (Lipinski definition) is 13. The van der Waals surface area contributed by atoms with Gasteiger partial charge >= 0.3 is 12.1 Å². The molecule has 0 spiro atoms. The molecule has 6 N–H and O–H groups in total. The number of carbonyl (C=O) groups is 8. The molecule has 0 unspecified atom stereocenters. The first kappa shape index (κ1) is 110. The Morgan fingerprint density at radius 3 is 1.13 bits per heavy atom. The predicted octanol–water partition coefficient (Wildman–Crippen LogP) is 23.7. The van der Waals surface area contributed by atoms with Crippen molar-refractivity contribution in [3.8, 4) is 22.6 Å². The van der Waals surface area contributed by atoms with Crippen LogP contribution in [0.1, 0.15) is 343 Å². The largest absolute Gasteiger partial charge is 0.493 e. The van der Waals surface area contributed by atoms with E-state index in [1.165, 1.54) is 230 Å². The van der Waals surface area contributed by atoms with E-state index in [-0.39, 0.29) is 44.8 Å². The van der Waals surface area contributed by atoms with Gasteiger partial charge in [0, 0.05) is 43.2 Å². The Balaban J connectivity index is 0.928. The molecule has 0 fully saturated rings. The van der Waals surface area contributed by atoms with Crippen molar-refractivity contribution in [2.45, 2.75) is 378 Å². The van der Waals surface area contributed by atoms with Gasteiger partial charge in [-0.2, -0.15) is 0 Å². The van der Waals surface area contributed by atoms with Gasteiger partial charge in [0.1, 0.15) is 54.9 Å². The SMILES string of the molecule is CCCCCCCCCCCCCCCCCCCCCCOc1ccc(CN(CC(=O)OC)C(=O)[C@H](Cc2ccccc2)NC(=O)[C@H](Cc2ccccc2)NC(=O)[C@@H](NC(=O)CNC(=O)[C@H](Cc2ccccc2)NC(=O)[C@H](Cc2ccccc2)NC(=O)OCC2c3ccccc3-c3ccccc32)[C@@H](C)OC(C)(C)C)c(OCCCCCCCCCCCCCCCCCCCCCC)c1. The Morgan fingerprint density at radius 1 is 0.378 bits per heavy atom. The summed E-state index contributed by atoms with van der Waals surface area (Å²) in [4.78, 5) is 120. The van der Waals surface area contributed by atoms with Gasteiger partial charge in [0.05, 0.1) is 45.1 Å². The third-order valence-electron chi connectivity index (χ3n) is 25.8. The van der Waals surface area contributed by atoms with Crippen LogP contribution in [0.2, 0.25) is 0 Å². The van der Waals surface area contributed by atoms with Crippen LogP contribution in [0.15, 0.2) is 188 Å². The summed E-state index contributed by atoms with van der Waals surface area (Å²) >= 11 is 0. The monoisotopic (exact) mass is 1850 g/mol. The van der Waals surface area contributed by atoms with Crippen LogP contribution in [0.25, 0.3) is 11.1 Å². The lowest BCUT2D eigenvalue weighted by Crippen LogP contribution is -2.61. The number of methoxy groups -OCH3 is 1. The van der Waals surface area contributed by atoms with Crippen LogP contribution in [-0.2, 0) is 80.0 Å². The topological polar surface area (TPSA) is 258 Å². The number of nitrogens with zero attached hydrogens (tertiary/aromatic N) is 1. The van der Waals surface area contributed by atoms with Gasteiger partial charge in [-0.25, -0.2) is 4.79 Å². The van der Waals surface area contributed by atoms with E-state index in [1.54, 1.807) is 64.1 Å². The summed E-state index contributed by atoms with van der Waals surface area (Å²) in [5.74, 6) is -4.20. The van der Waals surface area contributed by atoms with E-state index < -0.39 is 103 Å². The van der Waals surface area contributed by atoms with Crippen LogP contribution in [0.4, 0.5) is 4.79 Å². The number of alkyl carbamates (subject to hydrolysis) is 1. The molecule has 20 nitrogen and oxygen atoms in total. The Bertz CT molecular complexity index is 4440. The summed E-state index contributed by atoms with van der Waals surface area (Å²) in [6, 6.07) is 51.3. The number of hydrogen-bond donors (Lipinski definition) is 6. The number of ether oxygens (including phenoxy) is 5. The summed E-state index contributed by atoms with van der Waals surface area (Å²) in [5.41, 5.74) is 6.68. The Kier molecular flexibility index (Phi) is 53.3. The van der Waals surface area contributed by atoms with E-state index in [2.05, 4.69) is 45.7 Å². The highest BCUT2D eigenvalue weighted by atomic mass is 16.5. The second-order valence-electron chi connectivity index (χ2n) is 38.3. The molecule has 1 aliphatic carbocycles. The number of amides is 7. The van der Waals surface area contributed by atoms with Crippen molar-refractivity contribution in [2.24, 2.45) is 0 Å². The number of fused-ring (bicyclic) bond motifs is 3. The molecule has 0 heterocycles. The fourth-order valence-corrected chi connectivity index (χ4v) is 18.2.